The van der Waals surface area contributed by atoms with E-state index in [1.54, 1.807) is 7.11 Å². The van der Waals surface area contributed by atoms with E-state index in [-0.39, 0.29) is 0 Å². The normalized spacial score (nSPS) is 10.9. The molecule has 0 saturated heterocycles. The molecule has 1 aromatic heterocycles. The first kappa shape index (κ1) is 15.0. The van der Waals surface area contributed by atoms with Crippen LogP contribution in [0.1, 0.15) is 31.7 Å². The lowest BCUT2D eigenvalue weighted by Gasteiger charge is -2.08. The Labute approximate surface area is 124 Å². The van der Waals surface area contributed by atoms with Crippen LogP contribution in [-0.2, 0) is 5.75 Å². The van der Waals surface area contributed by atoms with E-state index in [0.717, 1.165) is 28.0 Å². The monoisotopic (exact) mass is 290 g/mol. The molecule has 0 spiro atoms. The lowest BCUT2D eigenvalue weighted by Crippen LogP contribution is -1.98. The summed E-state index contributed by atoms with van der Waals surface area (Å²) >= 11 is 1.93. The van der Waals surface area contributed by atoms with Crippen LogP contribution in [0, 0.1) is 0 Å². The molecular formula is C16H22N2OS. The van der Waals surface area contributed by atoms with Crippen LogP contribution in [0.2, 0.25) is 0 Å². The van der Waals surface area contributed by atoms with Crippen LogP contribution in [0.25, 0.3) is 10.9 Å². The van der Waals surface area contributed by atoms with Gasteiger partial charge in [-0.1, -0.05) is 19.8 Å². The molecule has 3 nitrogen and oxygen atoms in total. The van der Waals surface area contributed by atoms with Crippen molar-refractivity contribution in [3.05, 3.63) is 29.8 Å². The second kappa shape index (κ2) is 7.39. The van der Waals surface area contributed by atoms with Gasteiger partial charge in [0.1, 0.15) is 11.6 Å². The lowest BCUT2D eigenvalue weighted by atomic mass is 10.1. The number of rotatable bonds is 7. The average molecular weight is 290 g/mol. The van der Waals surface area contributed by atoms with Crippen LogP contribution < -0.4 is 10.5 Å². The minimum atomic E-state index is 0.633. The van der Waals surface area contributed by atoms with Gasteiger partial charge in [-0.05, 0) is 30.4 Å². The Hall–Kier alpha value is -1.42. The predicted octanol–water partition coefficient (Wildman–Crippen LogP) is 4.25. The van der Waals surface area contributed by atoms with Gasteiger partial charge >= 0.3 is 0 Å². The van der Waals surface area contributed by atoms with Crippen LogP contribution in [-0.4, -0.2) is 17.8 Å². The molecule has 2 N–H and O–H groups in total. The van der Waals surface area contributed by atoms with Crippen molar-refractivity contribution in [2.75, 3.05) is 18.6 Å². The minimum absolute atomic E-state index is 0.633. The maximum absolute atomic E-state index is 6.05. The summed E-state index contributed by atoms with van der Waals surface area (Å²) in [4.78, 5) is 4.48. The standard InChI is InChI=1S/C16H22N2OS/c1-3-4-5-8-20-11-13-9-12-6-7-14(19-2)10-15(12)18-16(13)17/h6-7,9-10H,3-5,8,11H2,1-2H3,(H2,17,18). The topological polar surface area (TPSA) is 48.1 Å². The second-order valence-corrected chi connectivity index (χ2v) is 5.96. The van der Waals surface area contributed by atoms with E-state index >= 15 is 0 Å². The summed E-state index contributed by atoms with van der Waals surface area (Å²) in [6.45, 7) is 2.23. The highest BCUT2D eigenvalue weighted by atomic mass is 32.2. The molecule has 20 heavy (non-hydrogen) atoms. The number of aromatic nitrogens is 1. The van der Waals surface area contributed by atoms with E-state index in [1.165, 1.54) is 25.0 Å². The highest BCUT2D eigenvalue weighted by Gasteiger charge is 2.05. The van der Waals surface area contributed by atoms with Crippen molar-refractivity contribution in [2.24, 2.45) is 0 Å². The van der Waals surface area contributed by atoms with E-state index in [2.05, 4.69) is 18.0 Å². The summed E-state index contributed by atoms with van der Waals surface area (Å²) in [6.07, 6.45) is 3.85. The number of nitrogen functional groups attached to an aromatic ring is 1. The van der Waals surface area contributed by atoms with Crippen molar-refractivity contribution in [1.29, 1.82) is 0 Å². The van der Waals surface area contributed by atoms with E-state index in [0.29, 0.717) is 5.82 Å². The molecule has 2 rings (SSSR count). The molecule has 0 aliphatic rings. The van der Waals surface area contributed by atoms with E-state index < -0.39 is 0 Å². The summed E-state index contributed by atoms with van der Waals surface area (Å²) in [6, 6.07) is 8.05. The first-order valence-electron chi connectivity index (χ1n) is 7.05. The van der Waals surface area contributed by atoms with Crippen LogP contribution in [0.3, 0.4) is 0 Å². The van der Waals surface area contributed by atoms with Crippen molar-refractivity contribution < 1.29 is 4.74 Å². The van der Waals surface area contributed by atoms with Crippen LogP contribution in [0.4, 0.5) is 5.82 Å². The van der Waals surface area contributed by atoms with Crippen molar-refractivity contribution in [3.8, 4) is 5.75 Å². The smallest absolute Gasteiger partial charge is 0.128 e. The quantitative estimate of drug-likeness (QED) is 0.774. The number of nitrogens with two attached hydrogens (primary N) is 1. The van der Waals surface area contributed by atoms with E-state index in [1.807, 2.05) is 30.0 Å². The van der Waals surface area contributed by atoms with Gasteiger partial charge in [0.05, 0.1) is 12.6 Å². The van der Waals surface area contributed by atoms with E-state index in [9.17, 15) is 0 Å². The first-order chi connectivity index (χ1) is 9.74. The third-order valence-electron chi connectivity index (χ3n) is 3.29. The Kier molecular flexibility index (Phi) is 5.53. The molecule has 4 heteroatoms. The SMILES string of the molecule is CCCCCSCc1cc2ccc(OC)cc2nc1N. The number of anilines is 1. The molecule has 0 unspecified atom stereocenters. The van der Waals surface area contributed by atoms with Crippen LogP contribution in [0.5, 0.6) is 5.75 Å². The molecule has 0 atom stereocenters. The molecule has 0 fully saturated rings. The predicted molar refractivity (Wildman–Crippen MR) is 88.4 cm³/mol. The largest absolute Gasteiger partial charge is 0.497 e. The second-order valence-electron chi connectivity index (χ2n) is 4.85. The van der Waals surface area contributed by atoms with Gasteiger partial charge in [-0.2, -0.15) is 11.8 Å². The fourth-order valence-electron chi connectivity index (χ4n) is 2.08. The minimum Gasteiger partial charge on any atom is -0.497 e. The van der Waals surface area contributed by atoms with Crippen LogP contribution >= 0.6 is 11.8 Å². The Morgan fingerprint density at radius 3 is 2.85 bits per heavy atom. The molecule has 0 aliphatic heterocycles. The maximum Gasteiger partial charge on any atom is 0.128 e. The molecule has 0 saturated carbocycles. The zero-order chi connectivity index (χ0) is 14.4. The Morgan fingerprint density at radius 2 is 2.10 bits per heavy atom. The Balaban J connectivity index is 2.08. The maximum atomic E-state index is 6.05. The number of methoxy groups -OCH3 is 1. The zero-order valence-electron chi connectivity index (χ0n) is 12.2. The summed E-state index contributed by atoms with van der Waals surface area (Å²) in [5, 5.41) is 1.11. The third kappa shape index (κ3) is 3.79. The number of nitrogens with zero attached hydrogens (tertiary/aromatic N) is 1. The number of thioether (sulfide) groups is 1. The number of hydrogen-bond donors (Lipinski definition) is 1. The molecule has 2 aromatic rings. The van der Waals surface area contributed by atoms with Gasteiger partial charge in [0.15, 0.2) is 0 Å². The Bertz CT molecular complexity index is 572. The van der Waals surface area contributed by atoms with Gasteiger partial charge in [0, 0.05) is 22.8 Å². The van der Waals surface area contributed by atoms with Gasteiger partial charge in [-0.3, -0.25) is 0 Å². The number of fused-ring (bicyclic) bond motifs is 1. The van der Waals surface area contributed by atoms with Crippen molar-refractivity contribution in [2.45, 2.75) is 31.9 Å². The van der Waals surface area contributed by atoms with Gasteiger partial charge in [0.25, 0.3) is 0 Å². The molecule has 0 aliphatic carbocycles. The van der Waals surface area contributed by atoms with E-state index in [4.69, 9.17) is 10.5 Å². The molecule has 1 aromatic carbocycles. The third-order valence-corrected chi connectivity index (χ3v) is 4.38. The highest BCUT2D eigenvalue weighted by molar-refractivity contribution is 7.98. The fourth-order valence-corrected chi connectivity index (χ4v) is 3.09. The lowest BCUT2D eigenvalue weighted by molar-refractivity contribution is 0.415. The fraction of sp³-hybridized carbons (Fsp3) is 0.438. The molecular weight excluding hydrogens is 268 g/mol. The molecule has 0 amide bonds. The summed E-state index contributed by atoms with van der Waals surface area (Å²) < 4.78 is 5.21. The number of ether oxygens (including phenoxy) is 1. The van der Waals surface area contributed by atoms with Crippen molar-refractivity contribution in [3.63, 3.8) is 0 Å². The molecule has 108 valence electrons. The van der Waals surface area contributed by atoms with Crippen molar-refractivity contribution >= 4 is 28.5 Å². The number of unbranched alkanes of at least 4 members (excludes halogenated alkanes) is 2. The van der Waals surface area contributed by atoms with Crippen LogP contribution in [0.15, 0.2) is 24.3 Å². The van der Waals surface area contributed by atoms with Gasteiger partial charge in [0.2, 0.25) is 0 Å². The first-order valence-corrected chi connectivity index (χ1v) is 8.21. The summed E-state index contributed by atoms with van der Waals surface area (Å²) in [7, 11) is 1.66. The summed E-state index contributed by atoms with van der Waals surface area (Å²) in [5.41, 5.74) is 8.07. The zero-order valence-corrected chi connectivity index (χ0v) is 13.0. The van der Waals surface area contributed by atoms with Gasteiger partial charge in [-0.25, -0.2) is 4.98 Å². The van der Waals surface area contributed by atoms with Gasteiger partial charge in [-0.15, -0.1) is 0 Å². The molecule has 0 bridgehead atoms. The van der Waals surface area contributed by atoms with Gasteiger partial charge < -0.3 is 10.5 Å². The number of hydrogen-bond acceptors (Lipinski definition) is 4. The van der Waals surface area contributed by atoms with Crippen molar-refractivity contribution in [1.82, 2.24) is 4.98 Å². The average Bonchev–Trinajstić information content (AvgIpc) is 2.47. The number of benzene rings is 1. The Morgan fingerprint density at radius 1 is 1.25 bits per heavy atom. The molecule has 0 radical (unpaired) electrons. The number of pyridine rings is 1. The highest BCUT2D eigenvalue weighted by Crippen LogP contribution is 2.25. The summed E-state index contributed by atoms with van der Waals surface area (Å²) in [5.74, 6) is 3.57. The molecule has 1 heterocycles.